The van der Waals surface area contributed by atoms with Crippen molar-refractivity contribution in [3.8, 4) is 17.0 Å². The van der Waals surface area contributed by atoms with Crippen molar-refractivity contribution >= 4 is 27.0 Å². The van der Waals surface area contributed by atoms with Gasteiger partial charge in [-0.2, -0.15) is 4.31 Å². The Kier molecular flexibility index (Phi) is 8.09. The summed E-state index contributed by atoms with van der Waals surface area (Å²) in [5.74, 6) is 0.818. The Morgan fingerprint density at radius 2 is 1.63 bits per heavy atom. The number of ether oxygens (including phenoxy) is 2. The average Bonchev–Trinajstić information content (AvgIpc) is 3.33. The molecule has 0 aliphatic carbocycles. The maximum Gasteiger partial charge on any atom is 0.243 e. The fourth-order valence-electron chi connectivity index (χ4n) is 4.31. The van der Waals surface area contributed by atoms with Gasteiger partial charge in [-0.25, -0.2) is 13.4 Å². The molecule has 3 aromatic carbocycles. The Balaban J connectivity index is 1.51. The second-order valence-electron chi connectivity index (χ2n) is 9.05. The molecule has 1 aliphatic rings. The number of sulfonamides is 1. The predicted octanol–water partition coefficient (Wildman–Crippen LogP) is 5.23. The second kappa shape index (κ2) is 11.7. The Bertz CT molecular complexity index is 1530. The van der Waals surface area contributed by atoms with Gasteiger partial charge < -0.3 is 14.0 Å². The van der Waals surface area contributed by atoms with E-state index in [4.69, 9.17) is 14.5 Å². The highest BCUT2D eigenvalue weighted by Gasteiger charge is 2.26. The zero-order chi connectivity index (χ0) is 26.5. The largest absolute Gasteiger partial charge is 0.494 e. The summed E-state index contributed by atoms with van der Waals surface area (Å²) >= 11 is 1.56. The van der Waals surface area contributed by atoms with E-state index in [-0.39, 0.29) is 0 Å². The number of nitrogens with zero attached hydrogens (tertiary/aromatic N) is 3. The minimum Gasteiger partial charge on any atom is -0.494 e. The van der Waals surface area contributed by atoms with Gasteiger partial charge in [0.15, 0.2) is 4.80 Å². The number of morpholine rings is 1. The Hall–Kier alpha value is -3.24. The lowest BCUT2D eigenvalue weighted by atomic mass is 10.1. The molecule has 38 heavy (non-hydrogen) atoms. The summed E-state index contributed by atoms with van der Waals surface area (Å²) in [6.45, 7) is 6.90. The first-order chi connectivity index (χ1) is 18.4. The van der Waals surface area contributed by atoms with Gasteiger partial charge in [-0.05, 0) is 61.4 Å². The number of aromatic nitrogens is 1. The molecule has 198 valence electrons. The maximum absolute atomic E-state index is 13.1. The summed E-state index contributed by atoms with van der Waals surface area (Å²) in [7, 11) is -3.55. The Morgan fingerprint density at radius 1 is 0.947 bits per heavy atom. The van der Waals surface area contributed by atoms with Crippen molar-refractivity contribution < 1.29 is 17.9 Å². The minimum absolute atomic E-state index is 0.294. The van der Waals surface area contributed by atoms with E-state index in [0.29, 0.717) is 44.4 Å². The van der Waals surface area contributed by atoms with Crippen LogP contribution in [-0.4, -0.2) is 50.2 Å². The molecule has 0 radical (unpaired) electrons. The van der Waals surface area contributed by atoms with Crippen LogP contribution < -0.4 is 9.54 Å². The molecule has 0 spiro atoms. The van der Waals surface area contributed by atoms with Crippen LogP contribution >= 0.6 is 11.3 Å². The standard InChI is InChI=1S/C29H31N3O4S2/c1-3-36-26-12-10-25(11-13-26)30-29-32(20-23-6-4-22(2)5-7-23)28(21-37-29)24-8-14-27(15-9-24)38(33,34)31-16-18-35-19-17-31/h4-15,21H,3,16-20H2,1-2H3. The normalized spacial score (nSPS) is 15.1. The topological polar surface area (TPSA) is 73.1 Å². The van der Waals surface area contributed by atoms with Crippen molar-refractivity contribution in [1.82, 2.24) is 8.87 Å². The fraction of sp³-hybridized carbons (Fsp3) is 0.276. The Morgan fingerprint density at radius 3 is 2.29 bits per heavy atom. The van der Waals surface area contributed by atoms with Crippen LogP contribution in [0.5, 0.6) is 5.75 Å². The van der Waals surface area contributed by atoms with Crippen LogP contribution in [0.25, 0.3) is 11.3 Å². The number of aryl methyl sites for hydroxylation is 1. The molecule has 1 aliphatic heterocycles. The van der Waals surface area contributed by atoms with Crippen molar-refractivity contribution in [3.05, 3.63) is 94.1 Å². The zero-order valence-electron chi connectivity index (χ0n) is 21.5. The monoisotopic (exact) mass is 549 g/mol. The van der Waals surface area contributed by atoms with Crippen LogP contribution in [-0.2, 0) is 21.3 Å². The third-order valence-electron chi connectivity index (χ3n) is 6.39. The van der Waals surface area contributed by atoms with Gasteiger partial charge in [0.1, 0.15) is 5.75 Å². The van der Waals surface area contributed by atoms with Gasteiger partial charge in [0.05, 0.1) is 42.6 Å². The lowest BCUT2D eigenvalue weighted by Gasteiger charge is -2.26. The molecule has 5 rings (SSSR count). The van der Waals surface area contributed by atoms with Crippen molar-refractivity contribution in [1.29, 1.82) is 0 Å². The first kappa shape index (κ1) is 26.4. The van der Waals surface area contributed by atoms with Gasteiger partial charge in [0, 0.05) is 18.5 Å². The molecule has 9 heteroatoms. The van der Waals surface area contributed by atoms with Crippen molar-refractivity contribution in [2.75, 3.05) is 32.9 Å². The summed E-state index contributed by atoms with van der Waals surface area (Å²) in [5, 5.41) is 2.08. The van der Waals surface area contributed by atoms with Gasteiger partial charge in [-0.15, -0.1) is 11.3 Å². The Labute approximate surface area is 227 Å². The van der Waals surface area contributed by atoms with Gasteiger partial charge in [0.2, 0.25) is 10.0 Å². The van der Waals surface area contributed by atoms with Crippen molar-refractivity contribution in [2.45, 2.75) is 25.3 Å². The molecular weight excluding hydrogens is 518 g/mol. The first-order valence-corrected chi connectivity index (χ1v) is 15.0. The zero-order valence-corrected chi connectivity index (χ0v) is 23.2. The van der Waals surface area contributed by atoms with Gasteiger partial charge in [-0.1, -0.05) is 42.0 Å². The quantitative estimate of drug-likeness (QED) is 0.302. The maximum atomic E-state index is 13.1. The van der Waals surface area contributed by atoms with E-state index in [9.17, 15) is 8.42 Å². The van der Waals surface area contributed by atoms with E-state index in [1.807, 2.05) is 43.3 Å². The third-order valence-corrected chi connectivity index (χ3v) is 9.17. The van der Waals surface area contributed by atoms with Gasteiger partial charge in [-0.3, -0.25) is 0 Å². The van der Waals surface area contributed by atoms with Crippen LogP contribution in [0, 0.1) is 6.92 Å². The van der Waals surface area contributed by atoms with E-state index in [1.54, 1.807) is 23.5 Å². The molecule has 0 unspecified atom stereocenters. The fourth-order valence-corrected chi connectivity index (χ4v) is 6.64. The van der Waals surface area contributed by atoms with Crippen LogP contribution in [0.2, 0.25) is 0 Å². The molecule has 2 heterocycles. The van der Waals surface area contributed by atoms with Crippen molar-refractivity contribution in [2.24, 2.45) is 4.99 Å². The van der Waals surface area contributed by atoms with E-state index >= 15 is 0 Å². The highest BCUT2D eigenvalue weighted by molar-refractivity contribution is 7.89. The third kappa shape index (κ3) is 5.91. The molecule has 0 atom stereocenters. The molecule has 4 aromatic rings. The van der Waals surface area contributed by atoms with E-state index in [0.717, 1.165) is 33.1 Å². The lowest BCUT2D eigenvalue weighted by Crippen LogP contribution is -2.40. The van der Waals surface area contributed by atoms with E-state index in [2.05, 4.69) is 41.1 Å². The number of thiazole rings is 1. The predicted molar refractivity (Wildman–Crippen MR) is 150 cm³/mol. The summed E-state index contributed by atoms with van der Waals surface area (Å²) in [5.41, 5.74) is 5.13. The molecule has 1 aromatic heterocycles. The molecule has 0 N–H and O–H groups in total. The average molecular weight is 550 g/mol. The second-order valence-corrected chi connectivity index (χ2v) is 11.8. The van der Waals surface area contributed by atoms with Crippen LogP contribution in [0.3, 0.4) is 0 Å². The lowest BCUT2D eigenvalue weighted by molar-refractivity contribution is 0.0730. The summed E-state index contributed by atoms with van der Waals surface area (Å²) in [6, 6.07) is 23.4. The minimum atomic E-state index is -3.55. The molecule has 0 saturated carbocycles. The molecule has 0 bridgehead atoms. The molecule has 7 nitrogen and oxygen atoms in total. The summed E-state index contributed by atoms with van der Waals surface area (Å²) in [6.07, 6.45) is 0. The van der Waals surface area contributed by atoms with E-state index < -0.39 is 10.0 Å². The number of benzene rings is 3. The van der Waals surface area contributed by atoms with Crippen LogP contribution in [0.1, 0.15) is 18.1 Å². The summed E-state index contributed by atoms with van der Waals surface area (Å²) < 4.78 is 40.7. The SMILES string of the molecule is CCOc1ccc(N=c2scc(-c3ccc(S(=O)(=O)N4CCOCC4)cc3)n2Cc2ccc(C)cc2)cc1. The molecule has 0 amide bonds. The highest BCUT2D eigenvalue weighted by Crippen LogP contribution is 2.26. The molecule has 1 fully saturated rings. The molecular formula is C29H31N3O4S2. The first-order valence-electron chi connectivity index (χ1n) is 12.6. The van der Waals surface area contributed by atoms with Crippen molar-refractivity contribution in [3.63, 3.8) is 0 Å². The number of rotatable bonds is 8. The van der Waals surface area contributed by atoms with Crippen LogP contribution in [0.4, 0.5) is 5.69 Å². The highest BCUT2D eigenvalue weighted by atomic mass is 32.2. The van der Waals surface area contributed by atoms with Crippen LogP contribution in [0.15, 0.2) is 88.1 Å². The van der Waals surface area contributed by atoms with Gasteiger partial charge >= 0.3 is 0 Å². The smallest absolute Gasteiger partial charge is 0.243 e. The number of hydrogen-bond donors (Lipinski definition) is 0. The molecule has 1 saturated heterocycles. The van der Waals surface area contributed by atoms with Gasteiger partial charge in [0.25, 0.3) is 0 Å². The van der Waals surface area contributed by atoms with E-state index in [1.165, 1.54) is 9.87 Å². The number of hydrogen-bond acceptors (Lipinski definition) is 6. The summed E-state index contributed by atoms with van der Waals surface area (Å²) in [4.78, 5) is 6.08.